The number of alkyl halides is 1. The Hall–Kier alpha value is -1.41. The summed E-state index contributed by atoms with van der Waals surface area (Å²) in [6.07, 6.45) is 8.87. The van der Waals surface area contributed by atoms with Crippen LogP contribution in [-0.2, 0) is 6.54 Å². The van der Waals surface area contributed by atoms with Gasteiger partial charge in [0.15, 0.2) is 0 Å². The van der Waals surface area contributed by atoms with Crippen molar-refractivity contribution in [3.8, 4) is 0 Å². The maximum atomic E-state index is 14.0. The molecule has 1 nitrogen and oxygen atoms in total. The van der Waals surface area contributed by atoms with Crippen LogP contribution < -0.4 is 0 Å². The zero-order valence-corrected chi connectivity index (χ0v) is 12.5. The Balaban J connectivity index is 2.04. The molecule has 0 amide bonds. The summed E-state index contributed by atoms with van der Waals surface area (Å²) in [7, 11) is 0. The van der Waals surface area contributed by atoms with E-state index in [1.165, 1.54) is 11.1 Å². The highest BCUT2D eigenvalue weighted by atomic mass is 19.1. The van der Waals surface area contributed by atoms with Crippen molar-refractivity contribution in [2.45, 2.75) is 38.9 Å². The fourth-order valence-corrected chi connectivity index (χ4v) is 2.58. The minimum atomic E-state index is -1.17. The average molecular weight is 273 g/mol. The molecule has 0 saturated carbocycles. The van der Waals surface area contributed by atoms with E-state index >= 15 is 0 Å². The summed E-state index contributed by atoms with van der Waals surface area (Å²) in [4.78, 5) is 2.19. The van der Waals surface area contributed by atoms with Crippen molar-refractivity contribution >= 4 is 0 Å². The summed E-state index contributed by atoms with van der Waals surface area (Å²) in [6.45, 7) is 5.36. The zero-order valence-electron chi connectivity index (χ0n) is 12.5. The van der Waals surface area contributed by atoms with Gasteiger partial charge in [0, 0.05) is 19.6 Å². The van der Waals surface area contributed by atoms with Crippen LogP contribution >= 0.6 is 0 Å². The molecule has 0 unspecified atom stereocenters. The number of halogens is 1. The minimum absolute atomic E-state index is 0.451. The molecule has 0 fully saturated rings. The first-order valence-corrected chi connectivity index (χ1v) is 7.34. The van der Waals surface area contributed by atoms with E-state index in [0.29, 0.717) is 6.54 Å². The molecule has 2 heteroatoms. The third-order valence-corrected chi connectivity index (χ3v) is 3.33. The molecule has 0 radical (unpaired) electrons. The second-order valence-electron chi connectivity index (χ2n) is 6.11. The van der Waals surface area contributed by atoms with Crippen molar-refractivity contribution in [1.82, 2.24) is 4.90 Å². The average Bonchev–Trinajstić information content (AvgIpc) is 2.39. The van der Waals surface area contributed by atoms with Crippen molar-refractivity contribution in [2.24, 2.45) is 0 Å². The van der Waals surface area contributed by atoms with E-state index < -0.39 is 5.67 Å². The highest BCUT2D eigenvalue weighted by Crippen LogP contribution is 2.17. The first-order chi connectivity index (χ1) is 9.53. The van der Waals surface area contributed by atoms with Gasteiger partial charge in [0.25, 0.3) is 0 Å². The van der Waals surface area contributed by atoms with Gasteiger partial charge in [-0.25, -0.2) is 4.39 Å². The normalized spacial score (nSPS) is 15.5. The van der Waals surface area contributed by atoms with Gasteiger partial charge < -0.3 is 0 Å². The van der Waals surface area contributed by atoms with Crippen molar-refractivity contribution in [3.63, 3.8) is 0 Å². The number of hydrogen-bond donors (Lipinski definition) is 0. The molecule has 0 aliphatic heterocycles. The number of allylic oxidation sites excluding steroid dienone is 2. The van der Waals surface area contributed by atoms with Crippen molar-refractivity contribution in [3.05, 3.63) is 59.7 Å². The van der Waals surface area contributed by atoms with Gasteiger partial charge in [0.1, 0.15) is 5.67 Å². The molecule has 1 aromatic carbocycles. The first-order valence-electron chi connectivity index (χ1n) is 7.34. The lowest BCUT2D eigenvalue weighted by atomic mass is 10.0. The fraction of sp³-hybridized carbons (Fsp3) is 0.444. The Morgan fingerprint density at radius 2 is 1.85 bits per heavy atom. The maximum absolute atomic E-state index is 14.0. The topological polar surface area (TPSA) is 3.24 Å². The summed E-state index contributed by atoms with van der Waals surface area (Å²) >= 11 is 0. The Morgan fingerprint density at radius 1 is 1.10 bits per heavy atom. The molecule has 108 valence electrons. The van der Waals surface area contributed by atoms with E-state index in [9.17, 15) is 4.39 Å². The summed E-state index contributed by atoms with van der Waals surface area (Å²) in [5.41, 5.74) is 1.36. The number of benzene rings is 1. The van der Waals surface area contributed by atoms with Crippen LogP contribution in [-0.4, -0.2) is 23.7 Å². The van der Waals surface area contributed by atoms with Crippen LogP contribution in [0.2, 0.25) is 0 Å². The van der Waals surface area contributed by atoms with Crippen LogP contribution in [0.4, 0.5) is 4.39 Å². The Bertz CT molecular complexity index is 468. The quantitative estimate of drug-likeness (QED) is 0.737. The van der Waals surface area contributed by atoms with Gasteiger partial charge in [-0.1, -0.05) is 48.6 Å². The van der Waals surface area contributed by atoms with Crippen LogP contribution in [0.25, 0.3) is 0 Å². The fourth-order valence-electron chi connectivity index (χ4n) is 2.58. The number of hydrogen-bond acceptors (Lipinski definition) is 1. The number of nitrogens with zero attached hydrogens (tertiary/aromatic N) is 1. The zero-order chi connectivity index (χ0) is 14.4. The second kappa shape index (κ2) is 6.85. The van der Waals surface area contributed by atoms with Crippen molar-refractivity contribution in [2.75, 3.05) is 13.1 Å². The van der Waals surface area contributed by atoms with Gasteiger partial charge >= 0.3 is 0 Å². The van der Waals surface area contributed by atoms with Crippen LogP contribution in [0.15, 0.2) is 54.1 Å². The van der Waals surface area contributed by atoms with Gasteiger partial charge in [0.05, 0.1) is 0 Å². The van der Waals surface area contributed by atoms with E-state index in [2.05, 4.69) is 35.3 Å². The third-order valence-electron chi connectivity index (χ3n) is 3.33. The van der Waals surface area contributed by atoms with E-state index in [1.54, 1.807) is 13.8 Å². The molecule has 1 aliphatic rings. The van der Waals surface area contributed by atoms with Gasteiger partial charge in [-0.15, -0.1) is 0 Å². The summed E-state index contributed by atoms with van der Waals surface area (Å²) in [5, 5.41) is 0. The summed E-state index contributed by atoms with van der Waals surface area (Å²) in [6, 6.07) is 10.3. The van der Waals surface area contributed by atoms with Crippen LogP contribution in [0.1, 0.15) is 32.3 Å². The van der Waals surface area contributed by atoms with Crippen molar-refractivity contribution in [1.29, 1.82) is 0 Å². The van der Waals surface area contributed by atoms with Crippen LogP contribution in [0, 0.1) is 0 Å². The minimum Gasteiger partial charge on any atom is -0.292 e. The first kappa shape index (κ1) is 15.0. The molecule has 0 bridgehead atoms. The molecule has 0 N–H and O–H groups in total. The molecule has 20 heavy (non-hydrogen) atoms. The molecule has 2 rings (SSSR count). The number of rotatable bonds is 6. The summed E-state index contributed by atoms with van der Waals surface area (Å²) < 4.78 is 14.0. The standard InChI is InChI=1S/C18H24FN/c1-18(2,19)15-20(13-16-9-5-3-6-10-16)14-17-11-7-4-8-12-17/h3,5-7,9-12H,4,8,13-15H2,1-2H3. The third kappa shape index (κ3) is 5.30. The smallest absolute Gasteiger partial charge is 0.118 e. The molecular weight excluding hydrogens is 249 g/mol. The lowest BCUT2D eigenvalue weighted by molar-refractivity contribution is 0.128. The van der Waals surface area contributed by atoms with E-state index in [1.807, 2.05) is 18.2 Å². The molecular formula is C18H24FN. The molecule has 0 aromatic heterocycles. The second-order valence-corrected chi connectivity index (χ2v) is 6.11. The van der Waals surface area contributed by atoms with E-state index in [-0.39, 0.29) is 0 Å². The van der Waals surface area contributed by atoms with Gasteiger partial charge in [0.2, 0.25) is 0 Å². The van der Waals surface area contributed by atoms with Gasteiger partial charge in [-0.2, -0.15) is 0 Å². The molecule has 0 spiro atoms. The van der Waals surface area contributed by atoms with Gasteiger partial charge in [-0.05, 0) is 37.8 Å². The van der Waals surface area contributed by atoms with Crippen LogP contribution in [0.5, 0.6) is 0 Å². The predicted octanol–water partition coefficient (Wildman–Crippen LogP) is 4.51. The Labute approximate surface area is 121 Å². The van der Waals surface area contributed by atoms with Gasteiger partial charge in [-0.3, -0.25) is 4.90 Å². The van der Waals surface area contributed by atoms with Crippen LogP contribution in [0.3, 0.4) is 0 Å². The molecule has 0 atom stereocenters. The predicted molar refractivity (Wildman–Crippen MR) is 83.4 cm³/mol. The SMILES string of the molecule is CC(C)(F)CN(CC1=CCCC=C1)Cc1ccccc1. The lowest BCUT2D eigenvalue weighted by Crippen LogP contribution is -2.36. The molecule has 0 heterocycles. The van der Waals surface area contributed by atoms with Crippen molar-refractivity contribution < 1.29 is 4.39 Å². The molecule has 0 saturated heterocycles. The summed E-state index contributed by atoms with van der Waals surface area (Å²) in [5.74, 6) is 0. The monoisotopic (exact) mass is 273 g/mol. The Kier molecular flexibility index (Phi) is 5.13. The highest BCUT2D eigenvalue weighted by Gasteiger charge is 2.21. The Morgan fingerprint density at radius 3 is 2.45 bits per heavy atom. The molecule has 1 aliphatic carbocycles. The maximum Gasteiger partial charge on any atom is 0.118 e. The molecule has 1 aromatic rings. The largest absolute Gasteiger partial charge is 0.292 e. The van der Waals surface area contributed by atoms with E-state index in [0.717, 1.165) is 25.9 Å². The lowest BCUT2D eigenvalue weighted by Gasteiger charge is -2.28. The van der Waals surface area contributed by atoms with E-state index in [4.69, 9.17) is 0 Å². The highest BCUT2D eigenvalue weighted by molar-refractivity contribution is 5.24.